The Balaban J connectivity index is 2.87. The largest absolute Gasteiger partial charge is 0.355 e. The van der Waals surface area contributed by atoms with Crippen LogP contribution >= 0.6 is 12.6 Å². The van der Waals surface area contributed by atoms with Gasteiger partial charge in [0.05, 0.1) is 0 Å². The van der Waals surface area contributed by atoms with Crippen LogP contribution in [0.1, 0.15) is 28.1 Å². The van der Waals surface area contributed by atoms with E-state index >= 15 is 0 Å². The summed E-state index contributed by atoms with van der Waals surface area (Å²) in [6.07, 6.45) is 0. The molecular formula is C10H13NOS. The fourth-order valence-electron chi connectivity index (χ4n) is 1.06. The predicted octanol–water partition coefficient (Wildman–Crippen LogP) is 2.04. The number of carbonyl (C=O) groups is 1. The van der Waals surface area contributed by atoms with Crippen LogP contribution in [0.4, 0.5) is 0 Å². The van der Waals surface area contributed by atoms with Crippen molar-refractivity contribution in [3.63, 3.8) is 0 Å². The van der Waals surface area contributed by atoms with Crippen LogP contribution in [0, 0.1) is 0 Å². The van der Waals surface area contributed by atoms with Gasteiger partial charge in [0.2, 0.25) is 0 Å². The van der Waals surface area contributed by atoms with Gasteiger partial charge >= 0.3 is 0 Å². The van der Waals surface area contributed by atoms with Crippen molar-refractivity contribution in [1.29, 1.82) is 0 Å². The maximum Gasteiger partial charge on any atom is 0.251 e. The standard InChI is InChI=1S/C10H13NOS/c1-7(13)8-3-5-9(6-4-8)10(12)11-2/h3-7,13H,1-2H3,(H,11,12). The van der Waals surface area contributed by atoms with Gasteiger partial charge in [0.1, 0.15) is 0 Å². The summed E-state index contributed by atoms with van der Waals surface area (Å²) in [5.41, 5.74) is 1.80. The van der Waals surface area contributed by atoms with Crippen molar-refractivity contribution >= 4 is 18.5 Å². The van der Waals surface area contributed by atoms with Gasteiger partial charge in [-0.15, -0.1) is 0 Å². The molecular weight excluding hydrogens is 182 g/mol. The molecule has 0 spiro atoms. The summed E-state index contributed by atoms with van der Waals surface area (Å²) in [5.74, 6) is -0.0571. The van der Waals surface area contributed by atoms with Crippen molar-refractivity contribution in [2.75, 3.05) is 7.05 Å². The van der Waals surface area contributed by atoms with Crippen molar-refractivity contribution in [2.45, 2.75) is 12.2 Å². The maximum absolute atomic E-state index is 11.2. The summed E-state index contributed by atoms with van der Waals surface area (Å²) in [4.78, 5) is 11.2. The highest BCUT2D eigenvalue weighted by Crippen LogP contribution is 2.18. The number of thiol groups is 1. The fraction of sp³-hybridized carbons (Fsp3) is 0.300. The molecule has 0 saturated carbocycles. The summed E-state index contributed by atoms with van der Waals surface area (Å²) in [7, 11) is 1.62. The Hall–Kier alpha value is -0.960. The van der Waals surface area contributed by atoms with Crippen LogP contribution in [0.3, 0.4) is 0 Å². The first kappa shape index (κ1) is 10.1. The zero-order chi connectivity index (χ0) is 9.84. The quantitative estimate of drug-likeness (QED) is 0.695. The van der Waals surface area contributed by atoms with Gasteiger partial charge in [0.15, 0.2) is 0 Å². The molecule has 0 aliphatic rings. The third-order valence-electron chi connectivity index (χ3n) is 1.88. The van der Waals surface area contributed by atoms with E-state index in [0.717, 1.165) is 5.56 Å². The molecule has 0 radical (unpaired) electrons. The third kappa shape index (κ3) is 2.49. The second-order valence-corrected chi connectivity index (χ2v) is 3.65. The van der Waals surface area contributed by atoms with Crippen LogP contribution < -0.4 is 5.32 Å². The molecule has 0 aromatic heterocycles. The first-order valence-electron chi connectivity index (χ1n) is 4.15. The Labute approximate surface area is 83.8 Å². The van der Waals surface area contributed by atoms with Crippen LogP contribution in [0.2, 0.25) is 0 Å². The Morgan fingerprint density at radius 1 is 1.38 bits per heavy atom. The lowest BCUT2D eigenvalue weighted by atomic mass is 10.1. The Morgan fingerprint density at radius 3 is 2.31 bits per heavy atom. The molecule has 2 nitrogen and oxygen atoms in total. The number of hydrogen-bond donors (Lipinski definition) is 2. The SMILES string of the molecule is CNC(=O)c1ccc(C(C)S)cc1. The molecule has 1 atom stereocenters. The first-order chi connectivity index (χ1) is 6.15. The first-order valence-corrected chi connectivity index (χ1v) is 4.67. The normalized spacial score (nSPS) is 12.2. The molecule has 70 valence electrons. The Morgan fingerprint density at radius 2 is 1.92 bits per heavy atom. The van der Waals surface area contributed by atoms with Crippen LogP contribution in [0.15, 0.2) is 24.3 Å². The lowest BCUT2D eigenvalue weighted by molar-refractivity contribution is 0.0963. The predicted molar refractivity (Wildman–Crippen MR) is 57.2 cm³/mol. The molecule has 1 amide bonds. The molecule has 1 aromatic carbocycles. The lowest BCUT2D eigenvalue weighted by Gasteiger charge is -2.05. The Bertz CT molecular complexity index is 292. The summed E-state index contributed by atoms with van der Waals surface area (Å²) in [6, 6.07) is 7.45. The minimum atomic E-state index is -0.0571. The number of carbonyl (C=O) groups excluding carboxylic acids is 1. The van der Waals surface area contributed by atoms with Gasteiger partial charge in [0.25, 0.3) is 5.91 Å². The van der Waals surface area contributed by atoms with Gasteiger partial charge in [-0.2, -0.15) is 12.6 Å². The zero-order valence-corrected chi connectivity index (χ0v) is 8.64. The smallest absolute Gasteiger partial charge is 0.251 e. The van der Waals surface area contributed by atoms with Gasteiger partial charge < -0.3 is 5.32 Å². The van der Waals surface area contributed by atoms with Gasteiger partial charge in [-0.3, -0.25) is 4.79 Å². The highest BCUT2D eigenvalue weighted by molar-refractivity contribution is 7.80. The highest BCUT2D eigenvalue weighted by Gasteiger charge is 2.03. The number of amides is 1. The molecule has 3 heteroatoms. The van der Waals surface area contributed by atoms with Crippen molar-refractivity contribution in [3.05, 3.63) is 35.4 Å². The van der Waals surface area contributed by atoms with E-state index in [1.165, 1.54) is 0 Å². The summed E-state index contributed by atoms with van der Waals surface area (Å²) in [6.45, 7) is 2.00. The Kier molecular flexibility index (Phi) is 3.37. The lowest BCUT2D eigenvalue weighted by Crippen LogP contribution is -2.17. The monoisotopic (exact) mass is 195 g/mol. The molecule has 0 fully saturated rings. The third-order valence-corrected chi connectivity index (χ3v) is 2.18. The number of benzene rings is 1. The average Bonchev–Trinajstić information content (AvgIpc) is 2.17. The van der Waals surface area contributed by atoms with Gasteiger partial charge in [-0.05, 0) is 24.6 Å². The van der Waals surface area contributed by atoms with E-state index < -0.39 is 0 Å². The molecule has 1 aromatic rings. The van der Waals surface area contributed by atoms with E-state index in [-0.39, 0.29) is 11.2 Å². The molecule has 0 bridgehead atoms. The minimum Gasteiger partial charge on any atom is -0.355 e. The van der Waals surface area contributed by atoms with Crippen LogP contribution in [0.5, 0.6) is 0 Å². The van der Waals surface area contributed by atoms with E-state index in [1.54, 1.807) is 19.2 Å². The van der Waals surface area contributed by atoms with Crippen molar-refractivity contribution in [1.82, 2.24) is 5.32 Å². The highest BCUT2D eigenvalue weighted by atomic mass is 32.1. The molecule has 1 unspecified atom stereocenters. The van der Waals surface area contributed by atoms with E-state index in [1.807, 2.05) is 19.1 Å². The molecule has 1 N–H and O–H groups in total. The summed E-state index contributed by atoms with van der Waals surface area (Å²) < 4.78 is 0. The maximum atomic E-state index is 11.2. The van der Waals surface area contributed by atoms with E-state index in [9.17, 15) is 4.79 Å². The number of rotatable bonds is 2. The molecule has 0 aliphatic heterocycles. The second-order valence-electron chi connectivity index (χ2n) is 2.88. The molecule has 0 heterocycles. The van der Waals surface area contributed by atoms with Crippen LogP contribution in [-0.4, -0.2) is 13.0 Å². The van der Waals surface area contributed by atoms with Crippen molar-refractivity contribution in [3.8, 4) is 0 Å². The topological polar surface area (TPSA) is 29.1 Å². The summed E-state index contributed by atoms with van der Waals surface area (Å²) >= 11 is 4.30. The molecule has 0 saturated heterocycles. The van der Waals surface area contributed by atoms with Gasteiger partial charge in [-0.1, -0.05) is 12.1 Å². The molecule has 13 heavy (non-hydrogen) atoms. The van der Waals surface area contributed by atoms with E-state index in [4.69, 9.17) is 0 Å². The van der Waals surface area contributed by atoms with Crippen molar-refractivity contribution in [2.24, 2.45) is 0 Å². The average molecular weight is 195 g/mol. The summed E-state index contributed by atoms with van der Waals surface area (Å²) in [5, 5.41) is 2.78. The number of hydrogen-bond acceptors (Lipinski definition) is 2. The minimum absolute atomic E-state index is 0.0571. The van der Waals surface area contributed by atoms with E-state index in [2.05, 4.69) is 17.9 Å². The molecule has 0 aliphatic carbocycles. The molecule has 1 rings (SSSR count). The number of nitrogens with one attached hydrogen (secondary N) is 1. The van der Waals surface area contributed by atoms with Gasteiger partial charge in [-0.25, -0.2) is 0 Å². The second kappa shape index (κ2) is 4.33. The zero-order valence-electron chi connectivity index (χ0n) is 7.74. The van der Waals surface area contributed by atoms with Gasteiger partial charge in [0, 0.05) is 17.9 Å². The van der Waals surface area contributed by atoms with Crippen LogP contribution in [0.25, 0.3) is 0 Å². The van der Waals surface area contributed by atoms with E-state index in [0.29, 0.717) is 5.56 Å². The van der Waals surface area contributed by atoms with Crippen molar-refractivity contribution < 1.29 is 4.79 Å². The van der Waals surface area contributed by atoms with Crippen LogP contribution in [-0.2, 0) is 0 Å². The fourth-order valence-corrected chi connectivity index (χ4v) is 1.23.